The molecular formula is C90H160N2O9. The molecule has 5 aliphatic rings. The summed E-state index contributed by atoms with van der Waals surface area (Å²) in [5, 5.41) is 21.1. The maximum atomic E-state index is 11.5. The van der Waals surface area contributed by atoms with Gasteiger partial charge in [0, 0.05) is 97.5 Å². The maximum absolute atomic E-state index is 11.5. The molecule has 11 heteroatoms. The molecule has 3 N–H and O–H groups in total. The number of aromatic amines is 1. The highest BCUT2D eigenvalue weighted by Gasteiger charge is 2.53. The summed E-state index contributed by atoms with van der Waals surface area (Å²) in [7, 11) is 8.80. The first-order chi connectivity index (χ1) is 46.3. The number of nitrogens with zero attached hydrogens (tertiary/aromatic N) is 1. The Morgan fingerprint density at radius 1 is 0.594 bits per heavy atom. The number of nitrogens with one attached hydrogen (secondary N) is 1. The minimum atomic E-state index is -0.229. The zero-order valence-electron chi connectivity index (χ0n) is 71.7. The van der Waals surface area contributed by atoms with Gasteiger partial charge in [0.2, 0.25) is 0 Å². The molecule has 1 saturated heterocycles. The quantitative estimate of drug-likeness (QED) is 0.126. The Hall–Kier alpha value is -3.52. The SMILES string of the molecule is CC(C)(C)C1(C)CC1.CC(C)(C)C1(c2cccnc2)CC1.CC(C)(C)C1CCOCC1.CC(C)(C)c1c(CO)cc[nH]c1=O.CC(C)(C)c1ccc2ccccc2c1.COC1CCCC(CO)C1C(C)(C)C.COCC(COC)C(C)(C)C.COCC1(C(C)(C)C)CC1.COCCC(C)(C)C. The number of methoxy groups -OCH3 is 5. The van der Waals surface area contributed by atoms with E-state index < -0.39 is 0 Å². The molecular weight excluding hydrogens is 1250 g/mol. The minimum absolute atomic E-state index is 0.0868. The first-order valence-electron chi connectivity index (χ1n) is 38.7. The average Bonchev–Trinajstić information content (AvgIpc) is 1.59. The van der Waals surface area contributed by atoms with Crippen LogP contribution in [0.2, 0.25) is 0 Å². The molecule has 101 heavy (non-hydrogen) atoms. The van der Waals surface area contributed by atoms with E-state index in [1.807, 2.05) is 39.2 Å². The number of H-pyrrole nitrogens is 1. The van der Waals surface area contributed by atoms with E-state index in [2.05, 4.69) is 232 Å². The highest BCUT2D eigenvalue weighted by Crippen LogP contribution is 2.60. The van der Waals surface area contributed by atoms with Crippen molar-refractivity contribution in [1.82, 2.24) is 9.97 Å². The van der Waals surface area contributed by atoms with Crippen molar-refractivity contribution in [2.75, 3.05) is 81.8 Å². The van der Waals surface area contributed by atoms with Gasteiger partial charge in [-0.15, -0.1) is 0 Å². The molecule has 4 aliphatic carbocycles. The summed E-state index contributed by atoms with van der Waals surface area (Å²) >= 11 is 0. The lowest BCUT2D eigenvalue weighted by molar-refractivity contribution is -0.0655. The summed E-state index contributed by atoms with van der Waals surface area (Å²) in [6, 6.07) is 21.2. The van der Waals surface area contributed by atoms with Crippen molar-refractivity contribution in [3.05, 3.63) is 112 Å². The van der Waals surface area contributed by atoms with E-state index >= 15 is 0 Å². The highest BCUT2D eigenvalue weighted by atomic mass is 16.5. The molecule has 4 saturated carbocycles. The van der Waals surface area contributed by atoms with Crippen LogP contribution in [0.5, 0.6) is 0 Å². The van der Waals surface area contributed by atoms with Crippen LogP contribution in [0, 0.1) is 72.4 Å². The number of hydrogen-bond donors (Lipinski definition) is 3. The monoisotopic (exact) mass is 1410 g/mol. The van der Waals surface area contributed by atoms with E-state index in [1.54, 1.807) is 47.8 Å². The Bertz CT molecular complexity index is 2880. The van der Waals surface area contributed by atoms with Gasteiger partial charge in [-0.05, 0) is 188 Å². The average molecular weight is 1410 g/mol. The molecule has 5 fully saturated rings. The van der Waals surface area contributed by atoms with Crippen LogP contribution < -0.4 is 5.56 Å². The molecule has 0 radical (unpaired) electrons. The van der Waals surface area contributed by atoms with Crippen LogP contribution >= 0.6 is 0 Å². The van der Waals surface area contributed by atoms with Crippen LogP contribution in [0.15, 0.2) is 84.0 Å². The lowest BCUT2D eigenvalue weighted by Crippen LogP contribution is -2.43. The molecule has 2 aromatic heterocycles. The van der Waals surface area contributed by atoms with Gasteiger partial charge in [-0.3, -0.25) is 9.78 Å². The van der Waals surface area contributed by atoms with Crippen molar-refractivity contribution in [2.24, 2.45) is 72.4 Å². The van der Waals surface area contributed by atoms with Crippen molar-refractivity contribution in [1.29, 1.82) is 0 Å². The number of pyridine rings is 2. The summed E-state index contributed by atoms with van der Waals surface area (Å²) in [5.74, 6) is 2.28. The Morgan fingerprint density at radius 2 is 1.15 bits per heavy atom. The number of rotatable bonds is 12. The Balaban J connectivity index is 0.000000572. The second kappa shape index (κ2) is 41.6. The van der Waals surface area contributed by atoms with Gasteiger partial charge in [-0.25, -0.2) is 0 Å². The lowest BCUT2D eigenvalue weighted by atomic mass is 9.65. The highest BCUT2D eigenvalue weighted by molar-refractivity contribution is 5.83. The third-order valence-electron chi connectivity index (χ3n) is 22.6. The van der Waals surface area contributed by atoms with Crippen molar-refractivity contribution in [3.63, 3.8) is 0 Å². The molecule has 2 aromatic carbocycles. The summed E-state index contributed by atoms with van der Waals surface area (Å²) in [6.45, 7) is 68.4. The second-order valence-corrected chi connectivity index (χ2v) is 39.8. The predicted octanol–water partition coefficient (Wildman–Crippen LogP) is 22.7. The van der Waals surface area contributed by atoms with Gasteiger partial charge in [-0.1, -0.05) is 249 Å². The fourth-order valence-electron chi connectivity index (χ4n) is 13.7. The molecule has 4 aromatic rings. The first kappa shape index (κ1) is 95.5. The van der Waals surface area contributed by atoms with E-state index in [9.17, 15) is 9.90 Å². The Labute approximate surface area is 622 Å². The van der Waals surface area contributed by atoms with Crippen LogP contribution in [0.3, 0.4) is 0 Å². The molecule has 0 spiro atoms. The third-order valence-corrected chi connectivity index (χ3v) is 22.6. The largest absolute Gasteiger partial charge is 0.396 e. The smallest absolute Gasteiger partial charge is 0.252 e. The molecule has 0 amide bonds. The predicted molar refractivity (Wildman–Crippen MR) is 433 cm³/mol. The number of aromatic nitrogens is 2. The van der Waals surface area contributed by atoms with Crippen molar-refractivity contribution in [3.8, 4) is 0 Å². The molecule has 0 bridgehead atoms. The fourth-order valence-corrected chi connectivity index (χ4v) is 13.7. The number of aliphatic hydroxyl groups excluding tert-OH is 2. The fraction of sp³-hybridized carbons (Fsp3) is 0.778. The summed E-state index contributed by atoms with van der Waals surface area (Å²) < 4.78 is 31.2. The van der Waals surface area contributed by atoms with Crippen LogP contribution in [-0.2, 0) is 51.3 Å². The molecule has 3 unspecified atom stereocenters. The molecule has 1 aliphatic heterocycles. The Kier molecular flexibility index (Phi) is 39.3. The standard InChI is InChI=1S/C14H16.C12H17N.C12H24O2.C10H15NO2.C9H20O2.2C9H18O.C8H16.C7H16O/c1-14(2,3)13-9-8-11-6-4-5-7-12(11)10-13;1-11(2,3)12(6-7-12)10-5-4-8-13-9-10;1-12(2,3)11-9(8-13)6-5-7-10(11)14-4;1-10(2,3)8-7(6-12)4-5-11-9(8)13;1-9(2,3)8(6-10-4)7-11-5;1-8(2,3)9(5-6-9)7-10-4;1-9(2,3)8-4-6-10-7-5-8;1-7(2,3)8(4)5-6-8;1-7(2,3)5-6-8-4/h4-10H,1-3H3;4-5,8-9H,6-7H2,1-3H3;9-11,13H,5-8H2,1-4H3;4-5,12H,6H2,1-3H3,(H,11,13);8H,6-7H2,1-5H3;5-7H2,1-4H3;8H,4-7H2,1-3H3;2*5-6H2,1-4H3. The topological polar surface area (TPSA) is 142 Å². The summed E-state index contributed by atoms with van der Waals surface area (Å²) in [4.78, 5) is 18.3. The van der Waals surface area contributed by atoms with E-state index in [4.69, 9.17) is 33.5 Å². The molecule has 11 nitrogen and oxygen atoms in total. The van der Waals surface area contributed by atoms with E-state index in [-0.39, 0.29) is 33.8 Å². The maximum Gasteiger partial charge on any atom is 0.252 e. The molecule has 3 atom stereocenters. The van der Waals surface area contributed by atoms with Crippen LogP contribution in [0.1, 0.15) is 293 Å². The van der Waals surface area contributed by atoms with Gasteiger partial charge >= 0.3 is 0 Å². The van der Waals surface area contributed by atoms with Gasteiger partial charge in [0.15, 0.2) is 0 Å². The number of fused-ring (bicyclic) bond motifs is 1. The first-order valence-corrected chi connectivity index (χ1v) is 38.7. The van der Waals surface area contributed by atoms with Crippen LogP contribution in [0.4, 0.5) is 0 Å². The van der Waals surface area contributed by atoms with Gasteiger partial charge in [0.05, 0.1) is 32.5 Å². The number of ether oxygens (including phenoxy) is 6. The van der Waals surface area contributed by atoms with Crippen molar-refractivity contribution < 1.29 is 38.6 Å². The third kappa shape index (κ3) is 33.9. The number of aliphatic hydroxyl groups is 2. The second-order valence-electron chi connectivity index (χ2n) is 39.8. The van der Waals surface area contributed by atoms with E-state index in [0.29, 0.717) is 84.9 Å². The van der Waals surface area contributed by atoms with E-state index in [0.717, 1.165) is 64.8 Å². The normalized spacial score (nSPS) is 19.4. The van der Waals surface area contributed by atoms with Gasteiger partial charge in [0.1, 0.15) is 0 Å². The number of benzene rings is 2. The van der Waals surface area contributed by atoms with Crippen molar-refractivity contribution in [2.45, 2.75) is 300 Å². The zero-order chi connectivity index (χ0) is 77.9. The molecule has 9 rings (SSSR count). The van der Waals surface area contributed by atoms with Gasteiger partial charge in [-0.2, -0.15) is 0 Å². The Morgan fingerprint density at radius 3 is 1.47 bits per heavy atom. The zero-order valence-corrected chi connectivity index (χ0v) is 71.7. The van der Waals surface area contributed by atoms with E-state index in [1.165, 1.54) is 79.7 Å². The van der Waals surface area contributed by atoms with Gasteiger partial charge < -0.3 is 43.6 Å². The summed E-state index contributed by atoms with van der Waals surface area (Å²) in [5.41, 5.74) is 8.48. The summed E-state index contributed by atoms with van der Waals surface area (Å²) in [6.07, 6.45) is 21.1. The van der Waals surface area contributed by atoms with Crippen LogP contribution in [0.25, 0.3) is 10.8 Å². The molecule has 584 valence electrons. The minimum Gasteiger partial charge on any atom is -0.396 e. The van der Waals surface area contributed by atoms with Crippen molar-refractivity contribution >= 4 is 10.8 Å². The number of hydrogen-bond acceptors (Lipinski definition) is 10. The van der Waals surface area contributed by atoms with Crippen LogP contribution in [-0.4, -0.2) is 108 Å². The lowest BCUT2D eigenvalue weighted by Gasteiger charge is -2.44. The molecule has 3 heterocycles. The van der Waals surface area contributed by atoms with Gasteiger partial charge in [0.25, 0.3) is 5.56 Å².